The summed E-state index contributed by atoms with van der Waals surface area (Å²) in [6.07, 6.45) is 2.38. The van der Waals surface area contributed by atoms with Gasteiger partial charge in [-0.25, -0.2) is 4.79 Å². The molecule has 1 aromatic heterocycles. The molecule has 1 aliphatic carbocycles. The van der Waals surface area contributed by atoms with Crippen molar-refractivity contribution in [3.8, 4) is 11.8 Å². The van der Waals surface area contributed by atoms with Crippen LogP contribution in [-0.2, 0) is 4.74 Å². The van der Waals surface area contributed by atoms with Crippen molar-refractivity contribution in [2.24, 2.45) is 5.92 Å². The van der Waals surface area contributed by atoms with Gasteiger partial charge < -0.3 is 10.5 Å². The number of esters is 1. The topological polar surface area (TPSA) is 52.3 Å². The molecule has 0 bridgehead atoms. The van der Waals surface area contributed by atoms with Crippen LogP contribution in [0.25, 0.3) is 0 Å². The van der Waals surface area contributed by atoms with E-state index in [9.17, 15) is 4.79 Å². The normalized spacial score (nSPS) is 12.5. The minimum absolute atomic E-state index is 0. The number of nitrogen functional groups attached to an aromatic ring is 1. The van der Waals surface area contributed by atoms with Crippen LogP contribution in [0.3, 0.4) is 0 Å². The van der Waals surface area contributed by atoms with Crippen LogP contribution in [0.2, 0.25) is 0 Å². The number of methoxy groups -OCH3 is 1. The number of halogens is 1. The van der Waals surface area contributed by atoms with Gasteiger partial charge in [0.05, 0.1) is 17.7 Å². The summed E-state index contributed by atoms with van der Waals surface area (Å²) >= 11 is 1.29. The zero-order chi connectivity index (χ0) is 10.8. The Kier molecular flexibility index (Phi) is 6.98. The van der Waals surface area contributed by atoms with Gasteiger partial charge in [0.2, 0.25) is 0 Å². The van der Waals surface area contributed by atoms with E-state index < -0.39 is 5.97 Å². The second-order valence-corrected chi connectivity index (χ2v) is 4.48. The molecule has 1 aromatic rings. The Balaban J connectivity index is 0.00000128. The third kappa shape index (κ3) is 4.41. The number of thiophene rings is 1. The first-order valence-corrected chi connectivity index (χ1v) is 5.51. The first-order chi connectivity index (χ1) is 7.20. The van der Waals surface area contributed by atoms with Crippen molar-refractivity contribution in [3.63, 3.8) is 0 Å². The number of hydrogen-bond donors (Lipinski definition) is 1. The number of nitrogens with two attached hydrogens (primary N) is 1. The number of carbonyl (C=O) groups excluding carboxylic acids is 1. The standard InChI is InChI=1S/C11H11NO2S.ClH.Sn.2H/c1-14-11(13)10-9(12)6-8(15-10)5-4-7-2-3-7;;;;/h6-7H,2-3,12H2,1H3;1H;;;. The Morgan fingerprint density at radius 2 is 2.24 bits per heavy atom. The Hall–Kier alpha value is -0.381. The molecule has 92 valence electrons. The van der Waals surface area contributed by atoms with Crippen molar-refractivity contribution in [1.82, 2.24) is 0 Å². The van der Waals surface area contributed by atoms with E-state index in [0.717, 1.165) is 4.88 Å². The van der Waals surface area contributed by atoms with E-state index in [2.05, 4.69) is 16.6 Å². The second-order valence-electron chi connectivity index (χ2n) is 3.43. The summed E-state index contributed by atoms with van der Waals surface area (Å²) in [5.41, 5.74) is 6.13. The monoisotopic (exact) mass is 379 g/mol. The van der Waals surface area contributed by atoms with Gasteiger partial charge in [0.15, 0.2) is 0 Å². The molecule has 17 heavy (non-hydrogen) atoms. The summed E-state index contributed by atoms with van der Waals surface area (Å²) in [6.45, 7) is 0. The van der Waals surface area contributed by atoms with Gasteiger partial charge in [-0.1, -0.05) is 11.8 Å². The fourth-order valence-corrected chi connectivity index (χ4v) is 1.98. The van der Waals surface area contributed by atoms with Gasteiger partial charge in [-0.2, -0.15) is 0 Å². The average Bonchev–Trinajstić information content (AvgIpc) is 2.98. The summed E-state index contributed by atoms with van der Waals surface area (Å²) < 4.78 is 4.61. The molecule has 0 saturated heterocycles. The zero-order valence-corrected chi connectivity index (χ0v) is 15.2. The van der Waals surface area contributed by atoms with Crippen molar-refractivity contribution in [2.75, 3.05) is 12.8 Å². The molecule has 0 aliphatic heterocycles. The molecule has 2 N–H and O–H groups in total. The predicted molar refractivity (Wildman–Crippen MR) is 75.5 cm³/mol. The summed E-state index contributed by atoms with van der Waals surface area (Å²) in [6, 6.07) is 1.73. The van der Waals surface area contributed by atoms with Crippen LogP contribution in [-0.4, -0.2) is 37.0 Å². The minimum atomic E-state index is -0.392. The van der Waals surface area contributed by atoms with Crippen LogP contribution in [0, 0.1) is 17.8 Å². The molecular formula is C11H14ClNO2SSn. The van der Waals surface area contributed by atoms with E-state index in [-0.39, 0.29) is 36.3 Å². The average molecular weight is 378 g/mol. The van der Waals surface area contributed by atoms with Crippen LogP contribution in [0.4, 0.5) is 5.69 Å². The van der Waals surface area contributed by atoms with Crippen molar-refractivity contribution in [1.29, 1.82) is 0 Å². The van der Waals surface area contributed by atoms with Crippen LogP contribution in [0.5, 0.6) is 0 Å². The van der Waals surface area contributed by atoms with Gasteiger partial charge in [-0.15, -0.1) is 23.7 Å². The van der Waals surface area contributed by atoms with E-state index in [1.54, 1.807) is 6.07 Å². The number of hydrogen-bond acceptors (Lipinski definition) is 4. The molecule has 1 saturated carbocycles. The van der Waals surface area contributed by atoms with Gasteiger partial charge in [0.25, 0.3) is 0 Å². The first kappa shape index (κ1) is 16.6. The molecule has 0 aromatic carbocycles. The third-order valence-corrected chi connectivity index (χ3v) is 3.15. The molecule has 0 spiro atoms. The number of anilines is 1. The Labute approximate surface area is 127 Å². The van der Waals surface area contributed by atoms with Gasteiger partial charge >= 0.3 is 29.9 Å². The van der Waals surface area contributed by atoms with Gasteiger partial charge in [-0.05, 0) is 18.9 Å². The van der Waals surface area contributed by atoms with Crippen LogP contribution >= 0.6 is 23.7 Å². The SMILES string of the molecule is COC(=O)c1sc(C#CC2CC2)cc1N.Cl.[SnH2]. The fraction of sp³-hybridized carbons (Fsp3) is 0.364. The van der Waals surface area contributed by atoms with E-state index in [1.807, 2.05) is 0 Å². The van der Waals surface area contributed by atoms with E-state index in [4.69, 9.17) is 5.73 Å². The number of rotatable bonds is 1. The molecular weight excluding hydrogens is 364 g/mol. The Bertz CT molecular complexity index is 460. The maximum atomic E-state index is 11.3. The van der Waals surface area contributed by atoms with Gasteiger partial charge in [-0.3, -0.25) is 0 Å². The van der Waals surface area contributed by atoms with Crippen LogP contribution in [0.1, 0.15) is 27.4 Å². The van der Waals surface area contributed by atoms with Gasteiger partial charge in [0.1, 0.15) is 4.88 Å². The molecule has 3 nitrogen and oxygen atoms in total. The fourth-order valence-electron chi connectivity index (χ4n) is 1.12. The quantitative estimate of drug-likeness (QED) is 0.456. The number of carbonyl (C=O) groups is 1. The van der Waals surface area contributed by atoms with Crippen LogP contribution < -0.4 is 5.73 Å². The Morgan fingerprint density at radius 1 is 1.59 bits per heavy atom. The summed E-state index contributed by atoms with van der Waals surface area (Å²) in [4.78, 5) is 12.5. The molecule has 0 atom stereocenters. The molecule has 1 fully saturated rings. The second kappa shape index (κ2) is 7.14. The summed E-state index contributed by atoms with van der Waals surface area (Å²) in [5, 5.41) is 0. The number of ether oxygens (including phenoxy) is 1. The molecule has 1 aliphatic rings. The predicted octanol–water partition coefficient (Wildman–Crippen LogP) is 1.38. The molecule has 1 heterocycles. The van der Waals surface area contributed by atoms with Crippen molar-refractivity contribution < 1.29 is 9.53 Å². The molecule has 0 unspecified atom stereocenters. The van der Waals surface area contributed by atoms with E-state index in [1.165, 1.54) is 31.3 Å². The van der Waals surface area contributed by atoms with Crippen LogP contribution in [0.15, 0.2) is 6.07 Å². The summed E-state index contributed by atoms with van der Waals surface area (Å²) in [7, 11) is 1.34. The third-order valence-electron chi connectivity index (χ3n) is 2.11. The molecule has 2 rings (SSSR count). The van der Waals surface area contributed by atoms with E-state index >= 15 is 0 Å². The zero-order valence-electron chi connectivity index (χ0n) is 9.49. The molecule has 0 amide bonds. The van der Waals surface area contributed by atoms with Crippen molar-refractivity contribution in [2.45, 2.75) is 12.8 Å². The molecule has 2 radical (unpaired) electrons. The van der Waals surface area contributed by atoms with Gasteiger partial charge in [0, 0.05) is 5.92 Å². The van der Waals surface area contributed by atoms with Crippen molar-refractivity contribution in [3.05, 3.63) is 15.8 Å². The van der Waals surface area contributed by atoms with E-state index in [0.29, 0.717) is 16.5 Å². The molecule has 6 heteroatoms. The first-order valence-electron chi connectivity index (χ1n) is 4.70. The van der Waals surface area contributed by atoms with Crippen molar-refractivity contribution >= 4 is 59.3 Å². The summed E-state index contributed by atoms with van der Waals surface area (Å²) in [5.74, 6) is 6.31. The Morgan fingerprint density at radius 3 is 2.76 bits per heavy atom. The maximum absolute atomic E-state index is 11.3.